The first-order valence-electron chi connectivity index (χ1n) is 11.6. The maximum atomic E-state index is 13.6. The largest absolute Gasteiger partial charge is 0.497 e. The number of ether oxygens (including phenoxy) is 1. The lowest BCUT2D eigenvalue weighted by Crippen LogP contribution is -2.43. The van der Waals surface area contributed by atoms with E-state index in [0.717, 1.165) is 35.1 Å². The lowest BCUT2D eigenvalue weighted by molar-refractivity contribution is -0.133. The van der Waals surface area contributed by atoms with Crippen LogP contribution in [0.15, 0.2) is 42.5 Å². The van der Waals surface area contributed by atoms with E-state index in [1.807, 2.05) is 47.4 Å². The van der Waals surface area contributed by atoms with Crippen LogP contribution in [-0.4, -0.2) is 59.4 Å². The summed E-state index contributed by atoms with van der Waals surface area (Å²) < 4.78 is 5.36. The first kappa shape index (κ1) is 23.8. The van der Waals surface area contributed by atoms with E-state index in [2.05, 4.69) is 5.32 Å². The number of hydrogen-bond acceptors (Lipinski definition) is 5. The van der Waals surface area contributed by atoms with Crippen molar-refractivity contribution in [1.29, 1.82) is 5.41 Å². The summed E-state index contributed by atoms with van der Waals surface area (Å²) >= 11 is 0. The van der Waals surface area contributed by atoms with Crippen molar-refractivity contribution in [3.8, 4) is 16.9 Å². The van der Waals surface area contributed by atoms with Crippen molar-refractivity contribution in [2.24, 2.45) is 5.92 Å². The highest BCUT2D eigenvalue weighted by Crippen LogP contribution is 2.34. The van der Waals surface area contributed by atoms with Crippen LogP contribution < -0.4 is 10.1 Å². The van der Waals surface area contributed by atoms with Crippen molar-refractivity contribution < 1.29 is 19.4 Å². The summed E-state index contributed by atoms with van der Waals surface area (Å²) in [7, 11) is 1.60. The van der Waals surface area contributed by atoms with Gasteiger partial charge in [0.1, 0.15) is 11.3 Å². The summed E-state index contributed by atoms with van der Waals surface area (Å²) in [6.45, 7) is 5.12. The molecule has 2 heterocycles. The summed E-state index contributed by atoms with van der Waals surface area (Å²) in [6, 6.07) is 13.1. The number of aliphatic hydroxyl groups is 1. The molecule has 2 fully saturated rings. The molecule has 34 heavy (non-hydrogen) atoms. The minimum Gasteiger partial charge on any atom is -0.497 e. The Labute approximate surface area is 200 Å². The van der Waals surface area contributed by atoms with E-state index in [1.165, 1.54) is 4.90 Å². The number of hydrogen-bond donors (Lipinski definition) is 3. The van der Waals surface area contributed by atoms with Crippen molar-refractivity contribution in [3.63, 3.8) is 0 Å². The Kier molecular flexibility index (Phi) is 6.61. The normalized spacial score (nSPS) is 21.1. The van der Waals surface area contributed by atoms with Crippen LogP contribution in [0.3, 0.4) is 0 Å². The second kappa shape index (κ2) is 9.46. The first-order chi connectivity index (χ1) is 16.3. The van der Waals surface area contributed by atoms with Gasteiger partial charge in [-0.15, -0.1) is 0 Å². The molecule has 2 aliphatic rings. The predicted octanol–water partition coefficient (Wildman–Crippen LogP) is 2.69. The topological polar surface area (TPSA) is 106 Å². The monoisotopic (exact) mass is 464 g/mol. The third-order valence-corrected chi connectivity index (χ3v) is 7.05. The van der Waals surface area contributed by atoms with Crippen LogP contribution in [-0.2, 0) is 21.7 Å². The molecule has 2 aromatic rings. The van der Waals surface area contributed by atoms with Crippen molar-refractivity contribution >= 4 is 17.8 Å². The standard InChI is InChI=1S/C26H32N4O4/c1-17(32)29-11-9-18(10-12-29)15-30-24(33)26(2,28-25(30)27)21-6-4-5-19(13-21)23-14-22(34-3)8-7-20(23)16-31/h4-8,13-14,18,31H,9-12,15-16H2,1-3H3,(H2,27,28). The summed E-state index contributed by atoms with van der Waals surface area (Å²) in [5, 5.41) is 21.4. The quantitative estimate of drug-likeness (QED) is 0.610. The number of methoxy groups -OCH3 is 1. The van der Waals surface area contributed by atoms with Crippen LogP contribution in [0.5, 0.6) is 5.75 Å². The zero-order valence-electron chi connectivity index (χ0n) is 19.9. The molecular weight excluding hydrogens is 432 g/mol. The fourth-order valence-corrected chi connectivity index (χ4v) is 4.87. The van der Waals surface area contributed by atoms with E-state index < -0.39 is 5.54 Å². The molecule has 0 saturated carbocycles. The Morgan fingerprint density at radius 2 is 1.97 bits per heavy atom. The van der Waals surface area contributed by atoms with Crippen molar-refractivity contribution in [2.75, 3.05) is 26.7 Å². The van der Waals surface area contributed by atoms with Crippen LogP contribution in [0, 0.1) is 11.3 Å². The van der Waals surface area contributed by atoms with E-state index in [1.54, 1.807) is 21.0 Å². The zero-order chi connectivity index (χ0) is 24.5. The molecule has 2 saturated heterocycles. The fourth-order valence-electron chi connectivity index (χ4n) is 4.87. The predicted molar refractivity (Wildman–Crippen MR) is 129 cm³/mol. The highest BCUT2D eigenvalue weighted by Gasteiger charge is 2.47. The van der Waals surface area contributed by atoms with Gasteiger partial charge in [-0.3, -0.25) is 19.9 Å². The number of amides is 2. The van der Waals surface area contributed by atoms with Crippen LogP contribution in [0.1, 0.15) is 37.8 Å². The number of carbonyl (C=O) groups is 2. The van der Waals surface area contributed by atoms with E-state index in [9.17, 15) is 14.7 Å². The van der Waals surface area contributed by atoms with Gasteiger partial charge in [0.05, 0.1) is 13.7 Å². The lowest BCUT2D eigenvalue weighted by atomic mass is 9.88. The molecule has 4 rings (SSSR count). The summed E-state index contributed by atoms with van der Waals surface area (Å²) in [5.74, 6) is 0.959. The van der Waals surface area contributed by atoms with Gasteiger partial charge in [0.2, 0.25) is 5.91 Å². The number of rotatable bonds is 6. The summed E-state index contributed by atoms with van der Waals surface area (Å²) in [6.07, 6.45) is 1.64. The molecule has 0 aromatic heterocycles. The minimum absolute atomic E-state index is 0.0814. The number of carbonyl (C=O) groups excluding carboxylic acids is 2. The third-order valence-electron chi connectivity index (χ3n) is 7.05. The highest BCUT2D eigenvalue weighted by molar-refractivity contribution is 6.08. The fraction of sp³-hybridized carbons (Fsp3) is 0.423. The number of nitrogens with zero attached hydrogens (tertiary/aromatic N) is 2. The number of benzene rings is 2. The Morgan fingerprint density at radius 1 is 1.24 bits per heavy atom. The van der Waals surface area contributed by atoms with Gasteiger partial charge in [0.25, 0.3) is 5.91 Å². The second-order valence-corrected chi connectivity index (χ2v) is 9.23. The molecule has 2 amide bonds. The highest BCUT2D eigenvalue weighted by atomic mass is 16.5. The number of likely N-dealkylation sites (tertiary alicyclic amines) is 1. The van der Waals surface area contributed by atoms with E-state index in [0.29, 0.717) is 25.4 Å². The number of aliphatic hydroxyl groups excluding tert-OH is 1. The average molecular weight is 465 g/mol. The Morgan fingerprint density at radius 3 is 2.62 bits per heavy atom. The van der Waals surface area contributed by atoms with Gasteiger partial charge in [-0.05, 0) is 66.1 Å². The van der Waals surface area contributed by atoms with Gasteiger partial charge >= 0.3 is 0 Å². The average Bonchev–Trinajstić information content (AvgIpc) is 3.07. The van der Waals surface area contributed by atoms with Gasteiger partial charge in [-0.2, -0.15) is 0 Å². The molecule has 3 N–H and O–H groups in total. The molecule has 0 radical (unpaired) electrons. The first-order valence-corrected chi connectivity index (χ1v) is 11.6. The van der Waals surface area contributed by atoms with E-state index in [-0.39, 0.29) is 30.3 Å². The van der Waals surface area contributed by atoms with Gasteiger partial charge in [-0.1, -0.05) is 24.3 Å². The van der Waals surface area contributed by atoms with Crippen LogP contribution in [0.4, 0.5) is 0 Å². The Balaban J connectivity index is 1.57. The molecule has 1 atom stereocenters. The van der Waals surface area contributed by atoms with Crippen molar-refractivity contribution in [3.05, 3.63) is 53.6 Å². The zero-order valence-corrected chi connectivity index (χ0v) is 19.9. The number of piperidine rings is 1. The Hall–Kier alpha value is -3.39. The van der Waals surface area contributed by atoms with Crippen LogP contribution >= 0.6 is 0 Å². The molecule has 0 spiro atoms. The van der Waals surface area contributed by atoms with Gasteiger partial charge in [-0.25, -0.2) is 0 Å². The molecule has 180 valence electrons. The Bertz CT molecular complexity index is 1110. The van der Waals surface area contributed by atoms with E-state index >= 15 is 0 Å². The molecule has 2 aliphatic heterocycles. The smallest absolute Gasteiger partial charge is 0.259 e. The van der Waals surface area contributed by atoms with Crippen LogP contribution in [0.2, 0.25) is 0 Å². The molecule has 0 bridgehead atoms. The van der Waals surface area contributed by atoms with Gasteiger partial charge in [0, 0.05) is 26.6 Å². The molecule has 1 unspecified atom stereocenters. The molecular formula is C26H32N4O4. The maximum Gasteiger partial charge on any atom is 0.259 e. The number of guanidine groups is 1. The second-order valence-electron chi connectivity index (χ2n) is 9.23. The maximum absolute atomic E-state index is 13.6. The minimum atomic E-state index is -1.06. The summed E-state index contributed by atoms with van der Waals surface area (Å²) in [5.41, 5.74) is 2.14. The molecule has 2 aromatic carbocycles. The van der Waals surface area contributed by atoms with E-state index in [4.69, 9.17) is 10.1 Å². The van der Waals surface area contributed by atoms with Gasteiger partial charge in [0.15, 0.2) is 5.96 Å². The SMILES string of the molecule is COc1ccc(CO)c(-c2cccc(C3(C)NC(=N)N(CC4CCN(C(C)=O)CC4)C3=O)c2)c1. The molecule has 0 aliphatic carbocycles. The lowest BCUT2D eigenvalue weighted by Gasteiger charge is -2.33. The molecule has 8 nitrogen and oxygen atoms in total. The van der Waals surface area contributed by atoms with Crippen molar-refractivity contribution in [2.45, 2.75) is 38.8 Å². The van der Waals surface area contributed by atoms with Crippen molar-refractivity contribution in [1.82, 2.24) is 15.1 Å². The van der Waals surface area contributed by atoms with Gasteiger partial charge < -0.3 is 20.1 Å². The number of nitrogens with one attached hydrogen (secondary N) is 2. The van der Waals surface area contributed by atoms with Crippen LogP contribution in [0.25, 0.3) is 11.1 Å². The molecule has 8 heteroatoms. The third kappa shape index (κ3) is 4.37. The summed E-state index contributed by atoms with van der Waals surface area (Å²) in [4.78, 5) is 28.5.